The van der Waals surface area contributed by atoms with Crippen LogP contribution in [-0.2, 0) is 16.4 Å². The number of benzene rings is 1. The predicted molar refractivity (Wildman–Crippen MR) is 89.7 cm³/mol. The Bertz CT molecular complexity index is 709. The first kappa shape index (κ1) is 17.1. The molecule has 0 radical (unpaired) electrons. The number of nitrogens with one attached hydrogen (secondary N) is 2. The molecule has 2 aromatic rings. The van der Waals surface area contributed by atoms with Crippen molar-refractivity contribution in [3.05, 3.63) is 45.9 Å². The SMILES string of the molecule is CNS(=O)(=O)c1ccc([C@H](C)NCCc2csc(C)n2)cc1. The molecule has 0 saturated heterocycles. The fraction of sp³-hybridized carbons (Fsp3) is 0.400. The van der Waals surface area contributed by atoms with Crippen molar-refractivity contribution in [3.63, 3.8) is 0 Å². The van der Waals surface area contributed by atoms with E-state index in [1.54, 1.807) is 23.5 Å². The molecule has 0 amide bonds. The second kappa shape index (κ2) is 7.32. The van der Waals surface area contributed by atoms with Crippen molar-refractivity contribution in [1.29, 1.82) is 0 Å². The first-order valence-electron chi connectivity index (χ1n) is 7.10. The number of nitrogens with zero attached hydrogens (tertiary/aromatic N) is 1. The van der Waals surface area contributed by atoms with E-state index in [2.05, 4.69) is 27.3 Å². The summed E-state index contributed by atoms with van der Waals surface area (Å²) in [5.74, 6) is 0. The molecule has 0 unspecified atom stereocenters. The number of aryl methyl sites for hydroxylation is 1. The van der Waals surface area contributed by atoms with Gasteiger partial charge in [0.25, 0.3) is 0 Å². The van der Waals surface area contributed by atoms with Crippen LogP contribution in [0.15, 0.2) is 34.5 Å². The third kappa shape index (κ3) is 4.36. The number of hydrogen-bond donors (Lipinski definition) is 2. The molecule has 22 heavy (non-hydrogen) atoms. The summed E-state index contributed by atoms with van der Waals surface area (Å²) >= 11 is 1.66. The third-order valence-electron chi connectivity index (χ3n) is 3.46. The Morgan fingerprint density at radius 2 is 1.95 bits per heavy atom. The molecule has 1 heterocycles. The minimum atomic E-state index is -3.37. The summed E-state index contributed by atoms with van der Waals surface area (Å²) in [6.07, 6.45) is 0.890. The molecule has 120 valence electrons. The summed E-state index contributed by atoms with van der Waals surface area (Å²) in [5.41, 5.74) is 2.17. The van der Waals surface area contributed by atoms with E-state index in [1.807, 2.05) is 19.1 Å². The van der Waals surface area contributed by atoms with Crippen LogP contribution in [0.3, 0.4) is 0 Å². The van der Waals surface area contributed by atoms with Crippen LogP contribution in [0, 0.1) is 6.92 Å². The van der Waals surface area contributed by atoms with E-state index in [0.29, 0.717) is 0 Å². The summed E-state index contributed by atoms with van der Waals surface area (Å²) in [5, 5.41) is 6.60. The molecule has 2 N–H and O–H groups in total. The molecule has 1 atom stereocenters. The van der Waals surface area contributed by atoms with Crippen molar-refractivity contribution in [3.8, 4) is 0 Å². The molecule has 0 aliphatic rings. The van der Waals surface area contributed by atoms with E-state index in [-0.39, 0.29) is 10.9 Å². The largest absolute Gasteiger partial charge is 0.310 e. The van der Waals surface area contributed by atoms with Crippen LogP contribution in [0.1, 0.15) is 29.2 Å². The van der Waals surface area contributed by atoms with Crippen molar-refractivity contribution in [2.45, 2.75) is 31.2 Å². The van der Waals surface area contributed by atoms with Crippen LogP contribution >= 0.6 is 11.3 Å². The number of sulfonamides is 1. The van der Waals surface area contributed by atoms with Gasteiger partial charge in [-0.05, 0) is 38.6 Å². The lowest BCUT2D eigenvalue weighted by molar-refractivity contribution is 0.573. The Kier molecular flexibility index (Phi) is 5.69. The molecule has 0 bridgehead atoms. The topological polar surface area (TPSA) is 71.1 Å². The highest BCUT2D eigenvalue weighted by molar-refractivity contribution is 7.89. The Labute approximate surface area is 135 Å². The highest BCUT2D eigenvalue weighted by atomic mass is 32.2. The maximum atomic E-state index is 11.7. The molecular formula is C15H21N3O2S2. The molecule has 5 nitrogen and oxygen atoms in total. The zero-order valence-electron chi connectivity index (χ0n) is 13.0. The van der Waals surface area contributed by atoms with Crippen molar-refractivity contribution in [1.82, 2.24) is 15.0 Å². The normalized spacial score (nSPS) is 13.2. The van der Waals surface area contributed by atoms with Crippen LogP contribution in [0.25, 0.3) is 0 Å². The Balaban J connectivity index is 1.91. The van der Waals surface area contributed by atoms with Gasteiger partial charge in [-0.3, -0.25) is 0 Å². The van der Waals surface area contributed by atoms with Gasteiger partial charge in [-0.25, -0.2) is 18.1 Å². The van der Waals surface area contributed by atoms with E-state index in [9.17, 15) is 8.42 Å². The number of hydrogen-bond acceptors (Lipinski definition) is 5. The van der Waals surface area contributed by atoms with Gasteiger partial charge < -0.3 is 5.32 Å². The van der Waals surface area contributed by atoms with Crippen LogP contribution in [0.5, 0.6) is 0 Å². The maximum Gasteiger partial charge on any atom is 0.240 e. The van der Waals surface area contributed by atoms with Crippen molar-refractivity contribution in [2.24, 2.45) is 0 Å². The minimum Gasteiger partial charge on any atom is -0.310 e. The standard InChI is InChI=1S/C15H21N3O2S2/c1-11(17-9-8-14-10-21-12(2)18-14)13-4-6-15(7-5-13)22(19,20)16-3/h4-7,10-11,16-17H,8-9H2,1-3H3/t11-/m0/s1. The van der Waals surface area contributed by atoms with Gasteiger partial charge in [0.1, 0.15) is 0 Å². The summed E-state index contributed by atoms with van der Waals surface area (Å²) in [6.45, 7) is 4.90. The monoisotopic (exact) mass is 339 g/mol. The molecule has 0 fully saturated rings. The van der Waals surface area contributed by atoms with Gasteiger partial charge in [0.15, 0.2) is 0 Å². The summed E-state index contributed by atoms with van der Waals surface area (Å²) in [4.78, 5) is 4.71. The fourth-order valence-corrected chi connectivity index (χ4v) is 3.49. The lowest BCUT2D eigenvalue weighted by Crippen LogP contribution is -2.22. The average Bonchev–Trinajstić information content (AvgIpc) is 2.93. The van der Waals surface area contributed by atoms with Gasteiger partial charge in [-0.2, -0.15) is 0 Å². The highest BCUT2D eigenvalue weighted by Gasteiger charge is 2.12. The second-order valence-corrected chi connectivity index (χ2v) is 8.01. The minimum absolute atomic E-state index is 0.158. The van der Waals surface area contributed by atoms with Gasteiger partial charge in [-0.1, -0.05) is 12.1 Å². The Morgan fingerprint density at radius 1 is 1.27 bits per heavy atom. The van der Waals surface area contributed by atoms with Gasteiger partial charge in [0.05, 0.1) is 15.6 Å². The quantitative estimate of drug-likeness (QED) is 0.812. The molecule has 7 heteroatoms. The smallest absolute Gasteiger partial charge is 0.240 e. The molecule has 0 aliphatic heterocycles. The zero-order valence-corrected chi connectivity index (χ0v) is 14.6. The van der Waals surface area contributed by atoms with Crippen LogP contribution in [0.2, 0.25) is 0 Å². The van der Waals surface area contributed by atoms with E-state index in [1.165, 1.54) is 7.05 Å². The van der Waals surface area contributed by atoms with E-state index < -0.39 is 10.0 Å². The van der Waals surface area contributed by atoms with E-state index >= 15 is 0 Å². The number of thiazole rings is 1. The molecule has 0 aliphatic carbocycles. The number of rotatable bonds is 7. The van der Waals surface area contributed by atoms with Gasteiger partial charge >= 0.3 is 0 Å². The van der Waals surface area contributed by atoms with Gasteiger partial charge in [-0.15, -0.1) is 11.3 Å². The van der Waals surface area contributed by atoms with Crippen molar-refractivity contribution < 1.29 is 8.42 Å². The summed E-state index contributed by atoms with van der Waals surface area (Å²) in [7, 11) is -1.96. The first-order valence-corrected chi connectivity index (χ1v) is 9.46. The molecule has 1 aromatic heterocycles. The lowest BCUT2D eigenvalue weighted by Gasteiger charge is -2.14. The third-order valence-corrected chi connectivity index (χ3v) is 5.71. The second-order valence-electron chi connectivity index (χ2n) is 5.06. The van der Waals surface area contributed by atoms with Crippen LogP contribution < -0.4 is 10.0 Å². The number of aromatic nitrogens is 1. The summed E-state index contributed by atoms with van der Waals surface area (Å²) in [6, 6.07) is 7.10. The first-order chi connectivity index (χ1) is 10.4. The molecule has 2 rings (SSSR count). The molecular weight excluding hydrogens is 318 g/mol. The zero-order chi connectivity index (χ0) is 16.2. The maximum absolute atomic E-state index is 11.7. The molecule has 0 spiro atoms. The molecule has 1 aromatic carbocycles. The van der Waals surface area contributed by atoms with Gasteiger partial charge in [0.2, 0.25) is 10.0 Å². The van der Waals surface area contributed by atoms with Crippen LogP contribution in [-0.4, -0.2) is 27.0 Å². The predicted octanol–water partition coefficient (Wildman–Crippen LogP) is 2.25. The average molecular weight is 339 g/mol. The lowest BCUT2D eigenvalue weighted by atomic mass is 10.1. The van der Waals surface area contributed by atoms with Crippen molar-refractivity contribution >= 4 is 21.4 Å². The fourth-order valence-electron chi connectivity index (χ4n) is 2.11. The summed E-state index contributed by atoms with van der Waals surface area (Å²) < 4.78 is 25.7. The van der Waals surface area contributed by atoms with E-state index in [4.69, 9.17) is 0 Å². The van der Waals surface area contributed by atoms with Crippen molar-refractivity contribution in [2.75, 3.05) is 13.6 Å². The highest BCUT2D eigenvalue weighted by Crippen LogP contribution is 2.16. The molecule has 0 saturated carbocycles. The van der Waals surface area contributed by atoms with Gasteiger partial charge in [0, 0.05) is 24.4 Å². The Hall–Kier alpha value is -1.28. The Morgan fingerprint density at radius 3 is 2.50 bits per heavy atom. The van der Waals surface area contributed by atoms with Crippen LogP contribution in [0.4, 0.5) is 0 Å². The van der Waals surface area contributed by atoms with E-state index in [0.717, 1.165) is 29.2 Å².